The zero-order valence-corrected chi connectivity index (χ0v) is 22.0. The molecule has 0 unspecified atom stereocenters. The number of nitrogens with zero attached hydrogens (tertiary/aromatic N) is 6. The molecule has 0 bridgehead atoms. The largest absolute Gasteiger partial charge is 0.310 e. The van der Waals surface area contributed by atoms with Crippen molar-refractivity contribution in [3.63, 3.8) is 0 Å². The number of aromatic nitrogens is 1. The van der Waals surface area contributed by atoms with E-state index >= 15 is 0 Å². The molecular weight excluding hydrogens is 504 g/mol. The van der Waals surface area contributed by atoms with Crippen LogP contribution in [0.1, 0.15) is 27.8 Å². The molecule has 0 aliphatic carbocycles. The maximum Gasteiger partial charge on any atom is 0.0991 e. The van der Waals surface area contributed by atoms with Crippen LogP contribution in [0.4, 0.5) is 17.1 Å². The number of rotatable bonds is 4. The van der Waals surface area contributed by atoms with Crippen LogP contribution in [0.3, 0.4) is 0 Å². The maximum absolute atomic E-state index is 9.56. The lowest BCUT2D eigenvalue weighted by Gasteiger charge is -2.27. The van der Waals surface area contributed by atoms with Gasteiger partial charge in [-0.05, 0) is 116 Å². The third-order valence-corrected chi connectivity index (χ3v) is 7.10. The summed E-state index contributed by atoms with van der Waals surface area (Å²) in [4.78, 5) is 2.09. The van der Waals surface area contributed by atoms with Gasteiger partial charge in [0.2, 0.25) is 0 Å². The summed E-state index contributed by atoms with van der Waals surface area (Å²) in [6.45, 7) is 2.04. The summed E-state index contributed by atoms with van der Waals surface area (Å²) in [5, 5.41) is 39.6. The summed E-state index contributed by atoms with van der Waals surface area (Å²) in [6.07, 6.45) is 0. The van der Waals surface area contributed by atoms with Crippen molar-refractivity contribution in [2.75, 3.05) is 4.90 Å². The molecule has 0 amide bonds. The van der Waals surface area contributed by atoms with Gasteiger partial charge in [0.1, 0.15) is 0 Å². The molecule has 0 aliphatic rings. The molecule has 6 heteroatoms. The highest BCUT2D eigenvalue weighted by Gasteiger charge is 2.18. The van der Waals surface area contributed by atoms with Crippen LogP contribution < -0.4 is 4.90 Å². The molecule has 0 radical (unpaired) electrons. The van der Waals surface area contributed by atoms with Gasteiger partial charge in [-0.1, -0.05) is 0 Å². The first-order valence-corrected chi connectivity index (χ1v) is 12.8. The Labute approximate surface area is 237 Å². The minimum atomic E-state index is 0.552. The van der Waals surface area contributed by atoms with Gasteiger partial charge in [0.25, 0.3) is 0 Å². The Bertz CT molecular complexity index is 2010. The number of benzene rings is 5. The molecule has 0 saturated carbocycles. The number of anilines is 3. The molecule has 0 N–H and O–H groups in total. The number of hydrogen-bond donors (Lipinski definition) is 0. The van der Waals surface area contributed by atoms with Gasteiger partial charge in [0.15, 0.2) is 0 Å². The first-order valence-electron chi connectivity index (χ1n) is 12.8. The van der Waals surface area contributed by atoms with Crippen LogP contribution in [-0.2, 0) is 0 Å². The van der Waals surface area contributed by atoms with Crippen molar-refractivity contribution < 1.29 is 0 Å². The Morgan fingerprint density at radius 3 is 1.37 bits per heavy atom. The van der Waals surface area contributed by atoms with Gasteiger partial charge in [-0.25, -0.2) is 0 Å². The minimum Gasteiger partial charge on any atom is -0.310 e. The van der Waals surface area contributed by atoms with Gasteiger partial charge in [-0.2, -0.15) is 21.0 Å². The molecule has 6 rings (SSSR count). The van der Waals surface area contributed by atoms with Gasteiger partial charge < -0.3 is 9.47 Å². The zero-order chi connectivity index (χ0) is 28.5. The monoisotopic (exact) mass is 524 g/mol. The lowest BCUT2D eigenvalue weighted by Crippen LogP contribution is -2.11. The highest BCUT2D eigenvalue weighted by atomic mass is 15.1. The third kappa shape index (κ3) is 4.39. The fourth-order valence-corrected chi connectivity index (χ4v) is 5.26. The summed E-state index contributed by atoms with van der Waals surface area (Å²) < 4.78 is 2.15. The number of nitriles is 4. The van der Waals surface area contributed by atoms with E-state index in [0.717, 1.165) is 50.1 Å². The van der Waals surface area contributed by atoms with Gasteiger partial charge in [-0.15, -0.1) is 0 Å². The van der Waals surface area contributed by atoms with Crippen molar-refractivity contribution in [2.24, 2.45) is 0 Å². The molecule has 0 fully saturated rings. The molecule has 1 aromatic heterocycles. The van der Waals surface area contributed by atoms with Crippen molar-refractivity contribution in [3.05, 3.63) is 131 Å². The Kier molecular flexibility index (Phi) is 6.14. The standard InChI is InChI=1S/C35H20N6/c1-23-14-30(40(28-8-2-24(19-36)3-9-28)29-10-4-25(20-37)5-11-29)18-31(15-23)41-34-12-6-26(21-38)16-32(34)33-17-27(22-39)7-13-35(33)41/h2-18H,1H3. The molecule has 190 valence electrons. The first-order chi connectivity index (χ1) is 20.0. The van der Waals surface area contributed by atoms with Crippen molar-refractivity contribution >= 4 is 38.9 Å². The van der Waals surface area contributed by atoms with E-state index in [1.54, 1.807) is 36.4 Å². The van der Waals surface area contributed by atoms with E-state index in [0.29, 0.717) is 22.3 Å². The quantitative estimate of drug-likeness (QED) is 0.232. The minimum absolute atomic E-state index is 0.552. The van der Waals surface area contributed by atoms with E-state index in [1.807, 2.05) is 55.5 Å². The van der Waals surface area contributed by atoms with Crippen LogP contribution >= 0.6 is 0 Å². The van der Waals surface area contributed by atoms with Gasteiger partial charge in [0, 0.05) is 33.5 Å². The predicted molar refractivity (Wildman–Crippen MR) is 159 cm³/mol. The van der Waals surface area contributed by atoms with Crippen LogP contribution in [0.25, 0.3) is 27.5 Å². The molecular formula is C35H20N6. The van der Waals surface area contributed by atoms with E-state index in [-0.39, 0.29) is 0 Å². The fraction of sp³-hybridized carbons (Fsp3) is 0.0286. The van der Waals surface area contributed by atoms with Crippen LogP contribution in [0.5, 0.6) is 0 Å². The molecule has 1 heterocycles. The van der Waals surface area contributed by atoms with Crippen LogP contribution in [-0.4, -0.2) is 4.57 Å². The van der Waals surface area contributed by atoms with E-state index in [9.17, 15) is 21.0 Å². The SMILES string of the molecule is Cc1cc(N(c2ccc(C#N)cc2)c2ccc(C#N)cc2)cc(-n2c3ccc(C#N)cc3c3cc(C#N)ccc32)c1. The predicted octanol–water partition coefficient (Wildman–Crippen LogP) is 8.05. The van der Waals surface area contributed by atoms with Crippen molar-refractivity contribution in [3.8, 4) is 30.0 Å². The molecule has 0 saturated heterocycles. The van der Waals surface area contributed by atoms with E-state index in [2.05, 4.69) is 51.9 Å². The average Bonchev–Trinajstić information content (AvgIpc) is 3.34. The molecule has 41 heavy (non-hydrogen) atoms. The average molecular weight is 525 g/mol. The Morgan fingerprint density at radius 1 is 0.488 bits per heavy atom. The topological polar surface area (TPSA) is 103 Å². The van der Waals surface area contributed by atoms with Crippen LogP contribution in [0, 0.1) is 52.2 Å². The summed E-state index contributed by atoms with van der Waals surface area (Å²) in [5.41, 5.74) is 8.66. The van der Waals surface area contributed by atoms with Crippen molar-refractivity contribution in [1.29, 1.82) is 21.0 Å². The molecule has 6 nitrogen and oxygen atoms in total. The van der Waals surface area contributed by atoms with E-state index in [1.165, 1.54) is 0 Å². The fourth-order valence-electron chi connectivity index (χ4n) is 5.26. The molecule has 6 aromatic rings. The molecule has 0 spiro atoms. The van der Waals surface area contributed by atoms with Crippen LogP contribution in [0.2, 0.25) is 0 Å². The normalized spacial score (nSPS) is 10.5. The Hall–Kier alpha value is -6.34. The first kappa shape index (κ1) is 25.0. The maximum atomic E-state index is 9.56. The zero-order valence-electron chi connectivity index (χ0n) is 22.0. The Balaban J connectivity index is 1.61. The second-order valence-electron chi connectivity index (χ2n) is 9.70. The van der Waals surface area contributed by atoms with Gasteiger partial charge in [0.05, 0.1) is 57.6 Å². The number of fused-ring (bicyclic) bond motifs is 3. The van der Waals surface area contributed by atoms with Gasteiger partial charge >= 0.3 is 0 Å². The molecule has 5 aromatic carbocycles. The summed E-state index contributed by atoms with van der Waals surface area (Å²) in [6, 6.07) is 41.1. The Morgan fingerprint density at radius 2 is 0.927 bits per heavy atom. The highest BCUT2D eigenvalue weighted by molar-refractivity contribution is 6.10. The van der Waals surface area contributed by atoms with Crippen molar-refractivity contribution in [1.82, 2.24) is 4.57 Å². The second kappa shape index (κ2) is 10.1. The lowest BCUT2D eigenvalue weighted by atomic mass is 10.1. The van der Waals surface area contributed by atoms with Crippen LogP contribution in [0.15, 0.2) is 103 Å². The van der Waals surface area contributed by atoms with Crippen molar-refractivity contribution in [2.45, 2.75) is 6.92 Å². The highest BCUT2D eigenvalue weighted by Crippen LogP contribution is 2.39. The van der Waals surface area contributed by atoms with Gasteiger partial charge in [-0.3, -0.25) is 0 Å². The van der Waals surface area contributed by atoms with E-state index in [4.69, 9.17) is 0 Å². The molecule has 0 atom stereocenters. The molecule has 0 aliphatic heterocycles. The summed E-state index contributed by atoms with van der Waals surface area (Å²) in [7, 11) is 0. The number of aryl methyl sites for hydroxylation is 1. The number of hydrogen-bond acceptors (Lipinski definition) is 5. The smallest absolute Gasteiger partial charge is 0.0991 e. The summed E-state index contributed by atoms with van der Waals surface area (Å²) in [5.74, 6) is 0. The lowest BCUT2D eigenvalue weighted by molar-refractivity contribution is 1.16. The second-order valence-corrected chi connectivity index (χ2v) is 9.70. The van der Waals surface area contributed by atoms with E-state index < -0.39 is 0 Å². The third-order valence-electron chi connectivity index (χ3n) is 7.10. The summed E-state index contributed by atoms with van der Waals surface area (Å²) >= 11 is 0.